The Labute approximate surface area is 165 Å². The molecule has 144 valence electrons. The third kappa shape index (κ3) is 3.22. The summed E-state index contributed by atoms with van der Waals surface area (Å²) in [5, 5.41) is -0.0756. The van der Waals surface area contributed by atoms with Crippen molar-refractivity contribution >= 4 is 34.4 Å². The molecule has 2 heterocycles. The van der Waals surface area contributed by atoms with Crippen LogP contribution < -0.4 is 10.5 Å². The van der Waals surface area contributed by atoms with E-state index in [2.05, 4.69) is 4.98 Å². The molecule has 1 saturated heterocycles. The van der Waals surface area contributed by atoms with E-state index in [0.29, 0.717) is 37.6 Å². The molecule has 1 fully saturated rings. The molecule has 0 bridgehead atoms. The van der Waals surface area contributed by atoms with Gasteiger partial charge in [0.05, 0.1) is 16.1 Å². The first-order valence-electron chi connectivity index (χ1n) is 8.91. The third-order valence-corrected chi connectivity index (χ3v) is 5.29. The lowest BCUT2D eigenvalue weighted by atomic mass is 10.1. The summed E-state index contributed by atoms with van der Waals surface area (Å²) in [6, 6.07) is 11.4. The van der Waals surface area contributed by atoms with E-state index < -0.39 is 5.82 Å². The Morgan fingerprint density at radius 1 is 1.11 bits per heavy atom. The van der Waals surface area contributed by atoms with Crippen LogP contribution in [0.4, 0.5) is 10.2 Å². The van der Waals surface area contributed by atoms with E-state index >= 15 is 0 Å². The fourth-order valence-electron chi connectivity index (χ4n) is 3.40. The van der Waals surface area contributed by atoms with E-state index in [1.54, 1.807) is 16.5 Å². The van der Waals surface area contributed by atoms with Crippen molar-refractivity contribution in [2.45, 2.75) is 0 Å². The molecule has 6 nitrogen and oxygen atoms in total. The van der Waals surface area contributed by atoms with E-state index in [-0.39, 0.29) is 16.5 Å². The maximum atomic E-state index is 13.3. The summed E-state index contributed by atoms with van der Waals surface area (Å²) in [5.74, 6) is -0.375. The number of piperazine rings is 1. The van der Waals surface area contributed by atoms with Crippen LogP contribution in [0.1, 0.15) is 10.4 Å². The topological polar surface area (TPSA) is 58.4 Å². The van der Waals surface area contributed by atoms with Gasteiger partial charge in [0.25, 0.3) is 11.5 Å². The minimum absolute atomic E-state index is 0.0756. The minimum Gasteiger partial charge on any atom is -0.348 e. The van der Waals surface area contributed by atoms with Crippen molar-refractivity contribution in [3.63, 3.8) is 0 Å². The Morgan fingerprint density at radius 3 is 2.54 bits per heavy atom. The number of carbonyl (C=O) groups is 1. The molecule has 28 heavy (non-hydrogen) atoms. The van der Waals surface area contributed by atoms with Crippen LogP contribution in [0.25, 0.3) is 11.0 Å². The molecule has 1 aromatic heterocycles. The number of benzene rings is 2. The van der Waals surface area contributed by atoms with Gasteiger partial charge in [0.15, 0.2) is 5.82 Å². The first-order chi connectivity index (χ1) is 13.5. The molecule has 1 aliphatic heterocycles. The molecule has 8 heteroatoms. The van der Waals surface area contributed by atoms with Crippen molar-refractivity contribution in [3.8, 4) is 0 Å². The van der Waals surface area contributed by atoms with Crippen LogP contribution in [0.2, 0.25) is 5.02 Å². The second-order valence-corrected chi connectivity index (χ2v) is 7.10. The van der Waals surface area contributed by atoms with Gasteiger partial charge in [-0.1, -0.05) is 23.7 Å². The third-order valence-electron chi connectivity index (χ3n) is 5.00. The van der Waals surface area contributed by atoms with Crippen molar-refractivity contribution in [1.29, 1.82) is 0 Å². The highest BCUT2D eigenvalue weighted by atomic mass is 35.5. The van der Waals surface area contributed by atoms with Gasteiger partial charge in [-0.15, -0.1) is 0 Å². The smallest absolute Gasteiger partial charge is 0.293 e. The number of carbonyl (C=O) groups excluding carboxylic acids is 1. The summed E-state index contributed by atoms with van der Waals surface area (Å²) in [7, 11) is 1.73. The Kier molecular flexibility index (Phi) is 4.77. The Hall–Kier alpha value is -2.93. The average Bonchev–Trinajstić information content (AvgIpc) is 2.72. The van der Waals surface area contributed by atoms with Gasteiger partial charge in [-0.05, 0) is 30.3 Å². The second-order valence-electron chi connectivity index (χ2n) is 6.70. The molecule has 0 saturated carbocycles. The highest BCUT2D eigenvalue weighted by Crippen LogP contribution is 2.19. The van der Waals surface area contributed by atoms with Crippen LogP contribution in [0.15, 0.2) is 47.3 Å². The van der Waals surface area contributed by atoms with Crippen molar-refractivity contribution in [3.05, 3.63) is 69.2 Å². The Balaban J connectivity index is 1.53. The monoisotopic (exact) mass is 400 g/mol. The molecule has 0 atom stereocenters. The van der Waals surface area contributed by atoms with Gasteiger partial charge < -0.3 is 14.4 Å². The molecule has 0 radical (unpaired) electrons. The molecule has 0 spiro atoms. The number of fused-ring (bicyclic) bond motifs is 1. The highest BCUT2D eigenvalue weighted by molar-refractivity contribution is 6.31. The summed E-state index contributed by atoms with van der Waals surface area (Å²) < 4.78 is 14.9. The fourth-order valence-corrected chi connectivity index (χ4v) is 3.58. The number of para-hydroxylation sites is 2. The fraction of sp³-hybridized carbons (Fsp3) is 0.250. The maximum absolute atomic E-state index is 13.3. The van der Waals surface area contributed by atoms with E-state index in [0.717, 1.165) is 11.0 Å². The number of halogens is 2. The normalized spacial score (nSPS) is 14.5. The number of amides is 1. The number of hydrogen-bond acceptors (Lipinski definition) is 4. The molecule has 0 aliphatic carbocycles. The highest BCUT2D eigenvalue weighted by Gasteiger charge is 2.25. The zero-order valence-corrected chi connectivity index (χ0v) is 16.0. The van der Waals surface area contributed by atoms with Crippen LogP contribution in [0, 0.1) is 5.82 Å². The van der Waals surface area contributed by atoms with Crippen molar-refractivity contribution < 1.29 is 9.18 Å². The number of aromatic nitrogens is 2. The van der Waals surface area contributed by atoms with Gasteiger partial charge >= 0.3 is 0 Å². The summed E-state index contributed by atoms with van der Waals surface area (Å²) in [4.78, 5) is 33.5. The van der Waals surface area contributed by atoms with E-state index in [1.165, 1.54) is 18.2 Å². The number of nitrogens with zero attached hydrogens (tertiary/aromatic N) is 4. The molecular weight excluding hydrogens is 383 g/mol. The van der Waals surface area contributed by atoms with Gasteiger partial charge in [0, 0.05) is 38.8 Å². The quantitative estimate of drug-likeness (QED) is 0.663. The standard InChI is InChI=1S/C20H18ClFN4O2/c1-24-17-5-3-2-4-16(17)23-18(20(24)28)25-8-10-26(11-9-25)19(27)13-6-7-15(22)14(21)12-13/h2-7,12H,8-11H2,1H3. The van der Waals surface area contributed by atoms with Gasteiger partial charge in [-0.3, -0.25) is 9.59 Å². The summed E-state index contributed by atoms with van der Waals surface area (Å²) in [5.41, 5.74) is 1.71. The SMILES string of the molecule is Cn1c(=O)c(N2CCN(C(=O)c3ccc(F)c(Cl)c3)CC2)nc2ccccc21. The van der Waals surface area contributed by atoms with Crippen LogP contribution in [0.5, 0.6) is 0 Å². The van der Waals surface area contributed by atoms with Crippen LogP contribution in [0.3, 0.4) is 0 Å². The van der Waals surface area contributed by atoms with Gasteiger partial charge in [-0.2, -0.15) is 0 Å². The molecule has 4 rings (SSSR count). The molecule has 1 amide bonds. The second kappa shape index (κ2) is 7.24. The number of rotatable bonds is 2. The lowest BCUT2D eigenvalue weighted by Crippen LogP contribution is -2.50. The summed E-state index contributed by atoms with van der Waals surface area (Å²) >= 11 is 5.78. The first-order valence-corrected chi connectivity index (χ1v) is 9.28. The average molecular weight is 401 g/mol. The largest absolute Gasteiger partial charge is 0.348 e. The number of anilines is 1. The number of aryl methyl sites for hydroxylation is 1. The van der Waals surface area contributed by atoms with Gasteiger partial charge in [0.2, 0.25) is 0 Å². The van der Waals surface area contributed by atoms with Crippen LogP contribution >= 0.6 is 11.6 Å². The maximum Gasteiger partial charge on any atom is 0.293 e. The Morgan fingerprint density at radius 2 is 1.82 bits per heavy atom. The van der Waals surface area contributed by atoms with E-state index in [4.69, 9.17) is 11.6 Å². The predicted octanol–water partition coefficient (Wildman–Crippen LogP) is 2.69. The minimum atomic E-state index is -0.554. The molecular formula is C20H18ClFN4O2. The van der Waals surface area contributed by atoms with Crippen LogP contribution in [-0.2, 0) is 7.05 Å². The van der Waals surface area contributed by atoms with E-state index in [9.17, 15) is 14.0 Å². The number of hydrogen-bond donors (Lipinski definition) is 0. The van der Waals surface area contributed by atoms with Crippen LogP contribution in [-0.4, -0.2) is 46.5 Å². The molecule has 2 aromatic carbocycles. The molecule has 0 unspecified atom stereocenters. The predicted molar refractivity (Wildman–Crippen MR) is 107 cm³/mol. The van der Waals surface area contributed by atoms with Crippen molar-refractivity contribution in [2.24, 2.45) is 7.05 Å². The van der Waals surface area contributed by atoms with Crippen molar-refractivity contribution in [1.82, 2.24) is 14.5 Å². The molecule has 1 aliphatic rings. The van der Waals surface area contributed by atoms with E-state index in [1.807, 2.05) is 29.2 Å². The molecule has 3 aromatic rings. The van der Waals surface area contributed by atoms with Gasteiger partial charge in [0.1, 0.15) is 5.82 Å². The lowest BCUT2D eigenvalue weighted by molar-refractivity contribution is 0.0746. The lowest BCUT2D eigenvalue weighted by Gasteiger charge is -2.35. The zero-order valence-electron chi connectivity index (χ0n) is 15.2. The molecule has 0 N–H and O–H groups in total. The summed E-state index contributed by atoms with van der Waals surface area (Å²) in [6.45, 7) is 1.85. The first kappa shape index (κ1) is 18.4. The van der Waals surface area contributed by atoms with Gasteiger partial charge in [-0.25, -0.2) is 9.37 Å². The Bertz CT molecular complexity index is 1120. The zero-order chi connectivity index (χ0) is 19.8. The summed E-state index contributed by atoms with van der Waals surface area (Å²) in [6.07, 6.45) is 0. The van der Waals surface area contributed by atoms with Crippen molar-refractivity contribution in [2.75, 3.05) is 31.1 Å².